The summed E-state index contributed by atoms with van der Waals surface area (Å²) >= 11 is 0. The van der Waals surface area contributed by atoms with Crippen LogP contribution in [0.1, 0.15) is 26.2 Å². The standard InChI is InChI=1S/C7H15NO2/c1-2-3-5-8-6-4-7(9)10/h8H,2-6H2,1H3,(H,9,10)/p-1. The number of rotatable bonds is 6. The van der Waals surface area contributed by atoms with E-state index in [1.165, 1.54) is 0 Å². The lowest BCUT2D eigenvalue weighted by molar-refractivity contribution is -0.305. The van der Waals surface area contributed by atoms with Gasteiger partial charge in [0, 0.05) is 12.5 Å². The summed E-state index contributed by atoms with van der Waals surface area (Å²) < 4.78 is 0. The Morgan fingerprint density at radius 1 is 1.50 bits per heavy atom. The third kappa shape index (κ3) is 7.43. The van der Waals surface area contributed by atoms with E-state index in [9.17, 15) is 9.90 Å². The summed E-state index contributed by atoms with van der Waals surface area (Å²) in [6.07, 6.45) is 2.36. The summed E-state index contributed by atoms with van der Waals surface area (Å²) in [6, 6.07) is 0. The number of carbonyl (C=O) groups is 1. The van der Waals surface area contributed by atoms with Crippen LogP contribution in [-0.4, -0.2) is 19.1 Å². The van der Waals surface area contributed by atoms with Crippen molar-refractivity contribution in [2.75, 3.05) is 13.1 Å². The summed E-state index contributed by atoms with van der Waals surface area (Å²) in [5, 5.41) is 12.9. The molecule has 0 aliphatic heterocycles. The van der Waals surface area contributed by atoms with Crippen LogP contribution < -0.4 is 10.4 Å². The van der Waals surface area contributed by atoms with Crippen LogP contribution in [-0.2, 0) is 4.79 Å². The van der Waals surface area contributed by atoms with E-state index in [4.69, 9.17) is 0 Å². The van der Waals surface area contributed by atoms with E-state index in [-0.39, 0.29) is 6.42 Å². The van der Waals surface area contributed by atoms with Gasteiger partial charge in [0.25, 0.3) is 0 Å². The van der Waals surface area contributed by atoms with Crippen LogP contribution in [0, 0.1) is 0 Å². The third-order valence-electron chi connectivity index (χ3n) is 1.21. The number of carbonyl (C=O) groups excluding carboxylic acids is 1. The Morgan fingerprint density at radius 3 is 2.70 bits per heavy atom. The monoisotopic (exact) mass is 144 g/mol. The highest BCUT2D eigenvalue weighted by Gasteiger charge is 1.86. The molecule has 0 unspecified atom stereocenters. The van der Waals surface area contributed by atoms with Crippen molar-refractivity contribution in [3.63, 3.8) is 0 Å². The molecule has 0 aliphatic rings. The predicted molar refractivity (Wildman–Crippen MR) is 37.4 cm³/mol. The minimum atomic E-state index is -0.982. The molecule has 3 nitrogen and oxygen atoms in total. The average molecular weight is 144 g/mol. The molecule has 0 aliphatic carbocycles. The van der Waals surface area contributed by atoms with E-state index in [0.717, 1.165) is 19.4 Å². The highest BCUT2D eigenvalue weighted by Crippen LogP contribution is 1.82. The van der Waals surface area contributed by atoms with Gasteiger partial charge in [-0.1, -0.05) is 13.3 Å². The summed E-state index contributed by atoms with van der Waals surface area (Å²) in [4.78, 5) is 9.88. The normalized spacial score (nSPS) is 9.70. The van der Waals surface area contributed by atoms with E-state index >= 15 is 0 Å². The minimum Gasteiger partial charge on any atom is -0.550 e. The molecule has 0 spiro atoms. The van der Waals surface area contributed by atoms with Crippen molar-refractivity contribution in [3.8, 4) is 0 Å². The molecule has 0 amide bonds. The third-order valence-corrected chi connectivity index (χ3v) is 1.21. The number of carboxylic acids is 1. The maximum atomic E-state index is 9.88. The number of unbranched alkanes of at least 4 members (excludes halogenated alkanes) is 1. The van der Waals surface area contributed by atoms with E-state index in [2.05, 4.69) is 12.2 Å². The Kier molecular flexibility index (Phi) is 6.18. The molecule has 0 radical (unpaired) electrons. The maximum absolute atomic E-state index is 9.88. The molecule has 0 aromatic carbocycles. The Labute approximate surface area is 61.4 Å². The van der Waals surface area contributed by atoms with Crippen molar-refractivity contribution in [1.82, 2.24) is 5.32 Å². The van der Waals surface area contributed by atoms with Crippen molar-refractivity contribution < 1.29 is 9.90 Å². The molecule has 0 rings (SSSR count). The fourth-order valence-electron chi connectivity index (χ4n) is 0.617. The second kappa shape index (κ2) is 6.55. The zero-order valence-corrected chi connectivity index (χ0v) is 6.35. The Hall–Kier alpha value is -0.570. The number of aliphatic carboxylic acids is 1. The van der Waals surface area contributed by atoms with E-state index in [1.54, 1.807) is 0 Å². The smallest absolute Gasteiger partial charge is 0.0426 e. The van der Waals surface area contributed by atoms with E-state index < -0.39 is 5.97 Å². The summed E-state index contributed by atoms with van der Waals surface area (Å²) in [5.41, 5.74) is 0. The quantitative estimate of drug-likeness (QED) is 0.512. The highest BCUT2D eigenvalue weighted by molar-refractivity contribution is 5.64. The van der Waals surface area contributed by atoms with Crippen LogP contribution in [0.15, 0.2) is 0 Å². The first-order valence-corrected chi connectivity index (χ1v) is 3.68. The molecule has 0 heterocycles. The van der Waals surface area contributed by atoms with Gasteiger partial charge in [-0.05, 0) is 19.4 Å². The Balaban J connectivity index is 2.84. The lowest BCUT2D eigenvalue weighted by atomic mass is 10.3. The zero-order valence-electron chi connectivity index (χ0n) is 6.35. The van der Waals surface area contributed by atoms with Gasteiger partial charge in [-0.15, -0.1) is 0 Å². The molecule has 0 atom stereocenters. The molecule has 10 heavy (non-hydrogen) atoms. The first-order valence-electron chi connectivity index (χ1n) is 3.68. The molecule has 0 aromatic rings. The second-order valence-corrected chi connectivity index (χ2v) is 2.23. The minimum absolute atomic E-state index is 0.115. The lowest BCUT2D eigenvalue weighted by Crippen LogP contribution is -2.28. The molecule has 0 fully saturated rings. The van der Waals surface area contributed by atoms with Crippen molar-refractivity contribution in [3.05, 3.63) is 0 Å². The van der Waals surface area contributed by atoms with Crippen LogP contribution in [0.5, 0.6) is 0 Å². The fourth-order valence-corrected chi connectivity index (χ4v) is 0.617. The predicted octanol–water partition coefficient (Wildman–Crippen LogP) is -0.484. The topological polar surface area (TPSA) is 52.2 Å². The van der Waals surface area contributed by atoms with E-state index in [1.807, 2.05) is 0 Å². The summed E-state index contributed by atoms with van der Waals surface area (Å²) in [6.45, 7) is 3.53. The maximum Gasteiger partial charge on any atom is 0.0426 e. The van der Waals surface area contributed by atoms with Gasteiger partial charge in [-0.2, -0.15) is 0 Å². The van der Waals surface area contributed by atoms with Crippen LogP contribution in [0.2, 0.25) is 0 Å². The first kappa shape index (κ1) is 9.43. The fraction of sp³-hybridized carbons (Fsp3) is 0.857. The summed E-state index contributed by atoms with van der Waals surface area (Å²) in [5.74, 6) is -0.982. The van der Waals surface area contributed by atoms with Gasteiger partial charge in [0.05, 0.1) is 0 Å². The number of carboxylic acid groups (broad SMARTS) is 1. The van der Waals surface area contributed by atoms with Gasteiger partial charge in [-0.3, -0.25) is 0 Å². The Bertz CT molecular complexity index is 93.6. The molecule has 1 N–H and O–H groups in total. The molecular formula is C7H14NO2-. The second-order valence-electron chi connectivity index (χ2n) is 2.23. The van der Waals surface area contributed by atoms with Gasteiger partial charge in [-0.25, -0.2) is 0 Å². The van der Waals surface area contributed by atoms with Gasteiger partial charge < -0.3 is 15.2 Å². The average Bonchev–Trinajstić information content (AvgIpc) is 1.87. The van der Waals surface area contributed by atoms with Crippen LogP contribution in [0.25, 0.3) is 0 Å². The van der Waals surface area contributed by atoms with Crippen molar-refractivity contribution >= 4 is 5.97 Å². The van der Waals surface area contributed by atoms with Gasteiger partial charge in [0.2, 0.25) is 0 Å². The largest absolute Gasteiger partial charge is 0.550 e. The van der Waals surface area contributed by atoms with Gasteiger partial charge >= 0.3 is 0 Å². The number of hydrogen-bond acceptors (Lipinski definition) is 3. The Morgan fingerprint density at radius 2 is 2.20 bits per heavy atom. The molecular weight excluding hydrogens is 130 g/mol. The molecule has 0 saturated carbocycles. The molecule has 60 valence electrons. The van der Waals surface area contributed by atoms with Gasteiger partial charge in [0.1, 0.15) is 0 Å². The summed E-state index contributed by atoms with van der Waals surface area (Å²) in [7, 11) is 0. The molecule has 0 aromatic heterocycles. The van der Waals surface area contributed by atoms with Crippen LogP contribution in [0.3, 0.4) is 0 Å². The van der Waals surface area contributed by atoms with E-state index in [0.29, 0.717) is 6.54 Å². The molecule has 3 heteroatoms. The first-order chi connectivity index (χ1) is 4.77. The van der Waals surface area contributed by atoms with Crippen molar-refractivity contribution in [2.45, 2.75) is 26.2 Å². The van der Waals surface area contributed by atoms with Gasteiger partial charge in [0.15, 0.2) is 0 Å². The lowest BCUT2D eigenvalue weighted by Gasteiger charge is -2.03. The number of nitrogens with one attached hydrogen (secondary N) is 1. The SMILES string of the molecule is CCCCNCCC(=O)[O-]. The van der Waals surface area contributed by atoms with Crippen molar-refractivity contribution in [2.24, 2.45) is 0 Å². The highest BCUT2D eigenvalue weighted by atomic mass is 16.4. The zero-order chi connectivity index (χ0) is 7.82. The molecule has 0 saturated heterocycles. The van der Waals surface area contributed by atoms with Crippen LogP contribution >= 0.6 is 0 Å². The molecule has 0 bridgehead atoms. The number of hydrogen-bond donors (Lipinski definition) is 1. The van der Waals surface area contributed by atoms with Crippen LogP contribution in [0.4, 0.5) is 0 Å². The van der Waals surface area contributed by atoms with Crippen molar-refractivity contribution in [1.29, 1.82) is 0 Å².